The highest BCUT2D eigenvalue weighted by atomic mass is 35.7. The third-order valence-corrected chi connectivity index (χ3v) is 6.15. The van der Waals surface area contributed by atoms with E-state index in [-0.39, 0.29) is 31.8 Å². The van der Waals surface area contributed by atoms with Gasteiger partial charge in [0, 0.05) is 34.2 Å². The Bertz CT molecular complexity index is 902. The molecular formula is C19H19Cl2NO5S. The first-order valence-electron chi connectivity index (χ1n) is 8.42. The molecule has 2 rings (SSSR count). The number of amides is 1. The van der Waals surface area contributed by atoms with Gasteiger partial charge in [0.15, 0.2) is 5.78 Å². The first-order valence-corrected chi connectivity index (χ1v) is 11.2. The number of ether oxygens (including phenoxy) is 1. The van der Waals surface area contributed by atoms with E-state index in [1.807, 2.05) is 18.2 Å². The van der Waals surface area contributed by atoms with Gasteiger partial charge in [-0.05, 0) is 36.2 Å². The van der Waals surface area contributed by atoms with E-state index in [1.165, 1.54) is 0 Å². The standard InChI is InChI=1S/C19H19Cl2NO5S/c20-16-8-6-15(7-9-16)18(23)11-10-17(28(21,25)26)12-22-19(24)27-13-14-4-2-1-3-5-14/h1-9,17H,10-13H2,(H,22,24). The molecule has 1 N–H and O–H groups in total. The molecule has 0 bridgehead atoms. The average Bonchev–Trinajstić information content (AvgIpc) is 2.66. The summed E-state index contributed by atoms with van der Waals surface area (Å²) in [6.07, 6.45) is -0.844. The molecule has 2 aromatic carbocycles. The summed E-state index contributed by atoms with van der Waals surface area (Å²) in [6, 6.07) is 15.3. The first-order chi connectivity index (χ1) is 13.3. The summed E-state index contributed by atoms with van der Waals surface area (Å²) in [4.78, 5) is 24.0. The van der Waals surface area contributed by atoms with Crippen molar-refractivity contribution >= 4 is 43.2 Å². The number of Topliss-reactive ketones (excluding diaryl/α,β-unsaturated/α-hetero) is 1. The molecule has 0 aliphatic heterocycles. The van der Waals surface area contributed by atoms with Crippen LogP contribution in [0.1, 0.15) is 28.8 Å². The van der Waals surface area contributed by atoms with E-state index in [9.17, 15) is 18.0 Å². The van der Waals surface area contributed by atoms with Crippen LogP contribution in [-0.4, -0.2) is 32.1 Å². The highest BCUT2D eigenvalue weighted by molar-refractivity contribution is 8.14. The Hall–Kier alpha value is -2.09. The topological polar surface area (TPSA) is 89.5 Å². The summed E-state index contributed by atoms with van der Waals surface area (Å²) in [5.41, 5.74) is 1.22. The molecule has 6 nitrogen and oxygen atoms in total. The van der Waals surface area contributed by atoms with E-state index >= 15 is 0 Å². The van der Waals surface area contributed by atoms with Crippen molar-refractivity contribution in [1.29, 1.82) is 0 Å². The van der Waals surface area contributed by atoms with Gasteiger partial charge in [-0.15, -0.1) is 0 Å². The van der Waals surface area contributed by atoms with Gasteiger partial charge in [0.05, 0.1) is 5.25 Å². The maximum atomic E-state index is 12.2. The van der Waals surface area contributed by atoms with E-state index < -0.39 is 20.4 Å². The zero-order chi connectivity index (χ0) is 20.6. The molecule has 150 valence electrons. The maximum Gasteiger partial charge on any atom is 0.407 e. The molecule has 0 aromatic heterocycles. The van der Waals surface area contributed by atoms with Crippen LogP contribution in [0.3, 0.4) is 0 Å². The zero-order valence-electron chi connectivity index (χ0n) is 14.8. The molecule has 9 heteroatoms. The molecule has 0 saturated heterocycles. The number of benzene rings is 2. The summed E-state index contributed by atoms with van der Waals surface area (Å²) in [5.74, 6) is -0.242. The van der Waals surface area contributed by atoms with Crippen LogP contribution in [0.5, 0.6) is 0 Å². The van der Waals surface area contributed by atoms with Crippen LogP contribution >= 0.6 is 22.3 Å². The van der Waals surface area contributed by atoms with Crippen molar-refractivity contribution in [1.82, 2.24) is 5.32 Å². The lowest BCUT2D eigenvalue weighted by atomic mass is 10.1. The number of nitrogens with one attached hydrogen (secondary N) is 1. The predicted molar refractivity (Wildman–Crippen MR) is 108 cm³/mol. The molecule has 0 aliphatic carbocycles. The summed E-state index contributed by atoms with van der Waals surface area (Å²) in [5, 5.41) is 1.76. The van der Waals surface area contributed by atoms with Crippen LogP contribution in [0.2, 0.25) is 5.02 Å². The molecule has 1 amide bonds. The number of ketones is 1. The lowest BCUT2D eigenvalue weighted by Gasteiger charge is -2.14. The molecule has 1 unspecified atom stereocenters. The minimum absolute atomic E-state index is 0.0355. The molecule has 0 heterocycles. The minimum Gasteiger partial charge on any atom is -0.445 e. The number of halogens is 2. The maximum absolute atomic E-state index is 12.2. The Balaban J connectivity index is 1.85. The van der Waals surface area contributed by atoms with E-state index in [0.717, 1.165) is 5.56 Å². The molecule has 28 heavy (non-hydrogen) atoms. The Morgan fingerprint density at radius 3 is 2.29 bits per heavy atom. The Labute approximate surface area is 173 Å². The number of rotatable bonds is 9. The molecule has 0 spiro atoms. The largest absolute Gasteiger partial charge is 0.445 e. The highest BCUT2D eigenvalue weighted by Crippen LogP contribution is 2.17. The van der Waals surface area contributed by atoms with Gasteiger partial charge >= 0.3 is 6.09 Å². The summed E-state index contributed by atoms with van der Waals surface area (Å²) >= 11 is 5.78. The molecule has 0 aliphatic rings. The van der Waals surface area contributed by atoms with Crippen molar-refractivity contribution in [3.8, 4) is 0 Å². The van der Waals surface area contributed by atoms with E-state index in [2.05, 4.69) is 5.32 Å². The lowest BCUT2D eigenvalue weighted by Crippen LogP contribution is -2.35. The summed E-state index contributed by atoms with van der Waals surface area (Å²) in [6.45, 7) is -0.201. The summed E-state index contributed by atoms with van der Waals surface area (Å²) < 4.78 is 28.6. The molecule has 0 fully saturated rings. The average molecular weight is 444 g/mol. The Kier molecular flexibility index (Phi) is 8.29. The fourth-order valence-corrected chi connectivity index (χ4v) is 3.65. The quantitative estimate of drug-likeness (QED) is 0.463. The second kappa shape index (κ2) is 10.5. The van der Waals surface area contributed by atoms with Crippen LogP contribution < -0.4 is 5.32 Å². The number of hydrogen-bond donors (Lipinski definition) is 1. The van der Waals surface area contributed by atoms with Gasteiger partial charge in [0.1, 0.15) is 6.61 Å². The van der Waals surface area contributed by atoms with Gasteiger partial charge in [-0.3, -0.25) is 4.79 Å². The van der Waals surface area contributed by atoms with Crippen molar-refractivity contribution in [2.45, 2.75) is 24.7 Å². The fraction of sp³-hybridized carbons (Fsp3) is 0.263. The fourth-order valence-electron chi connectivity index (χ4n) is 2.39. The smallest absolute Gasteiger partial charge is 0.407 e. The third kappa shape index (κ3) is 7.50. The van der Waals surface area contributed by atoms with E-state index in [1.54, 1.807) is 36.4 Å². The second-order valence-corrected chi connectivity index (χ2v) is 9.35. The van der Waals surface area contributed by atoms with Gasteiger partial charge in [-0.25, -0.2) is 13.2 Å². The van der Waals surface area contributed by atoms with E-state index in [0.29, 0.717) is 10.6 Å². The molecule has 0 radical (unpaired) electrons. The Morgan fingerprint density at radius 1 is 1.04 bits per heavy atom. The third-order valence-electron chi connectivity index (χ3n) is 3.94. The number of carbonyl (C=O) groups excluding carboxylic acids is 2. The summed E-state index contributed by atoms with van der Waals surface area (Å²) in [7, 11) is 1.47. The Morgan fingerprint density at radius 2 is 1.68 bits per heavy atom. The van der Waals surface area contributed by atoms with Gasteiger partial charge in [-0.1, -0.05) is 41.9 Å². The predicted octanol–water partition coefficient (Wildman–Crippen LogP) is 4.17. The molecule has 0 saturated carbocycles. The van der Waals surface area contributed by atoms with Gasteiger partial charge in [0.2, 0.25) is 9.05 Å². The van der Waals surface area contributed by atoms with Crippen molar-refractivity contribution in [2.75, 3.05) is 6.54 Å². The van der Waals surface area contributed by atoms with Crippen molar-refractivity contribution in [3.63, 3.8) is 0 Å². The number of carbonyl (C=O) groups is 2. The lowest BCUT2D eigenvalue weighted by molar-refractivity contribution is 0.0980. The van der Waals surface area contributed by atoms with Crippen LogP contribution in [0.25, 0.3) is 0 Å². The van der Waals surface area contributed by atoms with Crippen molar-refractivity contribution < 1.29 is 22.7 Å². The molecule has 2 aromatic rings. The first kappa shape index (κ1) is 22.2. The van der Waals surface area contributed by atoms with Crippen molar-refractivity contribution in [3.05, 3.63) is 70.7 Å². The van der Waals surface area contributed by atoms with Crippen LogP contribution in [0.4, 0.5) is 4.79 Å². The second-order valence-electron chi connectivity index (χ2n) is 6.01. The van der Waals surface area contributed by atoms with Crippen LogP contribution in [0.15, 0.2) is 54.6 Å². The van der Waals surface area contributed by atoms with Gasteiger partial charge in [0.25, 0.3) is 0 Å². The van der Waals surface area contributed by atoms with Crippen LogP contribution in [0, 0.1) is 0 Å². The molecule has 1 atom stereocenters. The molecular weight excluding hydrogens is 425 g/mol. The van der Waals surface area contributed by atoms with Crippen molar-refractivity contribution in [2.24, 2.45) is 0 Å². The van der Waals surface area contributed by atoms with E-state index in [4.69, 9.17) is 27.0 Å². The SMILES string of the molecule is O=C(NCC(CCC(=O)c1ccc(Cl)cc1)S(=O)(=O)Cl)OCc1ccccc1. The normalized spacial score (nSPS) is 12.2. The van der Waals surface area contributed by atoms with Gasteiger partial charge < -0.3 is 10.1 Å². The number of hydrogen-bond acceptors (Lipinski definition) is 5. The highest BCUT2D eigenvalue weighted by Gasteiger charge is 2.25. The minimum atomic E-state index is -3.98. The van der Waals surface area contributed by atoms with Gasteiger partial charge in [-0.2, -0.15) is 0 Å². The zero-order valence-corrected chi connectivity index (χ0v) is 17.1. The van der Waals surface area contributed by atoms with Crippen LogP contribution in [-0.2, 0) is 20.4 Å². The number of alkyl carbamates (subject to hydrolysis) is 1. The monoisotopic (exact) mass is 443 g/mol.